The topological polar surface area (TPSA) is 0 Å². The first-order valence-corrected chi connectivity index (χ1v) is 6.19. The molecule has 0 saturated heterocycles. The van der Waals surface area contributed by atoms with Gasteiger partial charge in [0.05, 0.1) is 6.63 Å². The van der Waals surface area contributed by atoms with Crippen molar-refractivity contribution >= 4 is 40.7 Å². The maximum Gasteiger partial charge on any atom is 0.0857 e. The van der Waals surface area contributed by atoms with Crippen LogP contribution >= 0.6 is 40.7 Å². The highest BCUT2D eigenvalue weighted by Crippen LogP contribution is 2.48. The number of hydrogen-bond acceptors (Lipinski definition) is 0. The Labute approximate surface area is 65.8 Å². The molecule has 8 heavy (non-hydrogen) atoms. The molecule has 0 aliphatic rings. The second kappa shape index (κ2) is 5.11. The van der Waals surface area contributed by atoms with Crippen molar-refractivity contribution in [1.29, 1.82) is 0 Å². The molecule has 0 saturated carbocycles. The number of hydrogen-bond donors (Lipinski definition) is 0. The van der Waals surface area contributed by atoms with Crippen molar-refractivity contribution in [3.63, 3.8) is 0 Å². The Morgan fingerprint density at radius 2 is 2.00 bits per heavy atom. The summed E-state index contributed by atoms with van der Waals surface area (Å²) < 4.78 is 0. The maximum atomic E-state index is 5.52. The molecule has 0 aromatic carbocycles. The van der Waals surface area contributed by atoms with Crippen LogP contribution in [-0.2, 0) is 0 Å². The quantitative estimate of drug-likeness (QED) is 0.474. The molecule has 50 valence electrons. The standard InChI is InChI=1S/C4H8Cl3P/c1-4(2-5)3-8(6)7/h4H,2-3H2,1H3. The molecule has 0 aromatic heterocycles. The third-order valence-corrected chi connectivity index (χ3v) is 2.97. The van der Waals surface area contributed by atoms with Gasteiger partial charge in [0.2, 0.25) is 0 Å². The van der Waals surface area contributed by atoms with E-state index in [0.717, 1.165) is 6.16 Å². The monoisotopic (exact) mass is 192 g/mol. The lowest BCUT2D eigenvalue weighted by atomic mass is 10.3. The lowest BCUT2D eigenvalue weighted by Gasteiger charge is -2.04. The highest BCUT2D eigenvalue weighted by Gasteiger charge is 2.05. The average Bonchev–Trinajstić information content (AvgIpc) is 1.65. The Kier molecular flexibility index (Phi) is 5.94. The summed E-state index contributed by atoms with van der Waals surface area (Å²) in [7, 11) is 0. The van der Waals surface area contributed by atoms with Crippen LogP contribution in [0.2, 0.25) is 0 Å². The van der Waals surface area contributed by atoms with Gasteiger partial charge in [-0.1, -0.05) is 29.4 Å². The molecule has 0 radical (unpaired) electrons. The molecule has 4 heteroatoms. The molecular formula is C4H8Cl3P. The van der Waals surface area contributed by atoms with Crippen molar-refractivity contribution in [2.75, 3.05) is 12.0 Å². The van der Waals surface area contributed by atoms with Crippen molar-refractivity contribution in [3.8, 4) is 0 Å². The molecule has 0 rings (SSSR count). The summed E-state index contributed by atoms with van der Waals surface area (Å²) in [6.07, 6.45) is 0.849. The molecule has 0 fully saturated rings. The highest BCUT2D eigenvalue weighted by atomic mass is 35.9. The van der Waals surface area contributed by atoms with E-state index in [-0.39, 0.29) is 0 Å². The Morgan fingerprint density at radius 1 is 1.50 bits per heavy atom. The Bertz CT molecular complexity index is 57.2. The minimum atomic E-state index is -0.786. The van der Waals surface area contributed by atoms with E-state index in [2.05, 4.69) is 0 Å². The van der Waals surface area contributed by atoms with E-state index in [1.807, 2.05) is 6.92 Å². The van der Waals surface area contributed by atoms with Gasteiger partial charge in [-0.3, -0.25) is 0 Å². The van der Waals surface area contributed by atoms with Gasteiger partial charge < -0.3 is 0 Å². The third kappa shape index (κ3) is 5.44. The van der Waals surface area contributed by atoms with Crippen LogP contribution in [0.4, 0.5) is 0 Å². The second-order valence-corrected chi connectivity index (χ2v) is 5.99. The molecular weight excluding hydrogens is 185 g/mol. The van der Waals surface area contributed by atoms with Gasteiger partial charge in [-0.05, 0) is 12.1 Å². The highest BCUT2D eigenvalue weighted by molar-refractivity contribution is 8.03. The van der Waals surface area contributed by atoms with Crippen LogP contribution in [0.25, 0.3) is 0 Å². The van der Waals surface area contributed by atoms with Crippen molar-refractivity contribution in [2.24, 2.45) is 5.92 Å². The van der Waals surface area contributed by atoms with Gasteiger partial charge in [0, 0.05) is 5.88 Å². The van der Waals surface area contributed by atoms with Gasteiger partial charge in [-0.2, -0.15) is 0 Å². The minimum absolute atomic E-state index is 0.456. The fraction of sp³-hybridized carbons (Fsp3) is 1.00. The summed E-state index contributed by atoms with van der Waals surface area (Å²) in [6.45, 7) is 1.25. The fourth-order valence-corrected chi connectivity index (χ4v) is 2.56. The predicted octanol–water partition coefficient (Wildman–Crippen LogP) is 3.65. The molecule has 0 aliphatic heterocycles. The van der Waals surface area contributed by atoms with E-state index < -0.39 is 6.63 Å². The van der Waals surface area contributed by atoms with Crippen molar-refractivity contribution in [2.45, 2.75) is 6.92 Å². The van der Waals surface area contributed by atoms with Crippen LogP contribution in [0.3, 0.4) is 0 Å². The SMILES string of the molecule is CC(CCl)CP(Cl)Cl. The van der Waals surface area contributed by atoms with Crippen LogP contribution in [0.15, 0.2) is 0 Å². The molecule has 0 aromatic rings. The first-order chi connectivity index (χ1) is 3.66. The normalized spacial score (nSPS) is 14.6. The number of alkyl halides is 1. The van der Waals surface area contributed by atoms with Gasteiger partial charge in [0.1, 0.15) is 0 Å². The zero-order chi connectivity index (χ0) is 6.57. The molecule has 0 amide bonds. The predicted molar refractivity (Wildman–Crippen MR) is 43.4 cm³/mol. The minimum Gasteiger partial charge on any atom is -0.126 e. The van der Waals surface area contributed by atoms with Gasteiger partial charge in [-0.25, -0.2) is 0 Å². The first-order valence-electron chi connectivity index (χ1n) is 2.32. The Morgan fingerprint density at radius 3 is 2.12 bits per heavy atom. The summed E-state index contributed by atoms with van der Waals surface area (Å²) in [5.41, 5.74) is 0. The molecule has 1 unspecified atom stereocenters. The molecule has 0 spiro atoms. The largest absolute Gasteiger partial charge is 0.126 e. The van der Waals surface area contributed by atoms with Gasteiger partial charge in [0.15, 0.2) is 0 Å². The summed E-state index contributed by atoms with van der Waals surface area (Å²) in [4.78, 5) is 0. The van der Waals surface area contributed by atoms with Crippen molar-refractivity contribution in [1.82, 2.24) is 0 Å². The molecule has 0 bridgehead atoms. The van der Waals surface area contributed by atoms with E-state index in [1.165, 1.54) is 0 Å². The second-order valence-electron chi connectivity index (χ2n) is 1.74. The molecule has 0 aliphatic carbocycles. The first kappa shape index (κ1) is 9.30. The number of rotatable bonds is 3. The zero-order valence-corrected chi connectivity index (χ0v) is 7.73. The van der Waals surface area contributed by atoms with E-state index in [4.69, 9.17) is 34.1 Å². The molecule has 0 N–H and O–H groups in total. The Hall–Kier alpha value is 1.30. The smallest absolute Gasteiger partial charge is 0.0857 e. The molecule has 0 nitrogen and oxygen atoms in total. The molecule has 0 heterocycles. The lowest BCUT2D eigenvalue weighted by Crippen LogP contribution is -1.97. The van der Waals surface area contributed by atoms with Crippen LogP contribution < -0.4 is 0 Å². The van der Waals surface area contributed by atoms with E-state index in [0.29, 0.717) is 11.8 Å². The van der Waals surface area contributed by atoms with Crippen molar-refractivity contribution in [3.05, 3.63) is 0 Å². The summed E-state index contributed by atoms with van der Waals surface area (Å²) in [5.74, 6) is 1.11. The van der Waals surface area contributed by atoms with E-state index in [1.54, 1.807) is 0 Å². The van der Waals surface area contributed by atoms with E-state index in [9.17, 15) is 0 Å². The zero-order valence-electron chi connectivity index (χ0n) is 4.57. The van der Waals surface area contributed by atoms with Gasteiger partial charge in [-0.15, -0.1) is 11.6 Å². The van der Waals surface area contributed by atoms with Gasteiger partial charge >= 0.3 is 0 Å². The molecule has 1 atom stereocenters. The lowest BCUT2D eigenvalue weighted by molar-refractivity contribution is 0.757. The average molecular weight is 193 g/mol. The summed E-state index contributed by atoms with van der Waals surface area (Å²) in [6, 6.07) is 0. The van der Waals surface area contributed by atoms with Crippen LogP contribution in [-0.4, -0.2) is 12.0 Å². The van der Waals surface area contributed by atoms with E-state index >= 15 is 0 Å². The van der Waals surface area contributed by atoms with Crippen LogP contribution in [0.5, 0.6) is 0 Å². The summed E-state index contributed by atoms with van der Waals surface area (Å²) in [5, 5.41) is 0. The van der Waals surface area contributed by atoms with Crippen LogP contribution in [0.1, 0.15) is 6.92 Å². The maximum absolute atomic E-state index is 5.52. The third-order valence-electron chi connectivity index (χ3n) is 0.713. The van der Waals surface area contributed by atoms with Crippen LogP contribution in [0, 0.1) is 5.92 Å². The Balaban J connectivity index is 3.10. The van der Waals surface area contributed by atoms with Crippen molar-refractivity contribution < 1.29 is 0 Å². The van der Waals surface area contributed by atoms with Gasteiger partial charge in [0.25, 0.3) is 0 Å². The fourth-order valence-electron chi connectivity index (χ4n) is 0.284. The summed E-state index contributed by atoms with van der Waals surface area (Å²) >= 11 is 16.5. The number of halogens is 3.